The van der Waals surface area contributed by atoms with Crippen LogP contribution >= 0.6 is 0 Å². The average Bonchev–Trinajstić information content (AvgIpc) is 2.18. The second-order valence-corrected chi connectivity index (χ2v) is 2.88. The third kappa shape index (κ3) is 2.78. The van der Waals surface area contributed by atoms with E-state index in [0.29, 0.717) is 0 Å². The van der Waals surface area contributed by atoms with E-state index in [0.717, 1.165) is 17.6 Å². The van der Waals surface area contributed by atoms with Crippen LogP contribution in [0.4, 0.5) is 5.69 Å². The van der Waals surface area contributed by atoms with Gasteiger partial charge in [-0.1, -0.05) is 25.1 Å². The van der Waals surface area contributed by atoms with Gasteiger partial charge in [0.15, 0.2) is 0 Å². The SMILES string of the molecule is CC[N-]c1ccc2cnccc2c1.[K+]. The third-order valence-corrected chi connectivity index (χ3v) is 1.96. The Morgan fingerprint density at radius 2 is 2.07 bits per heavy atom. The Morgan fingerprint density at radius 3 is 2.86 bits per heavy atom. The summed E-state index contributed by atoms with van der Waals surface area (Å²) in [6.07, 6.45) is 3.67. The standard InChI is InChI=1S/C11H11N2.K/c1-2-13-11-4-3-10-8-12-6-5-9(10)7-11;/h3-8H,2H2,1H3;/q-1;+1. The summed E-state index contributed by atoms with van der Waals surface area (Å²) in [5.74, 6) is 0. The molecule has 0 unspecified atom stereocenters. The van der Waals surface area contributed by atoms with Gasteiger partial charge in [-0.25, -0.2) is 0 Å². The summed E-state index contributed by atoms with van der Waals surface area (Å²) in [7, 11) is 0. The van der Waals surface area contributed by atoms with Crippen LogP contribution in [0.2, 0.25) is 0 Å². The van der Waals surface area contributed by atoms with Gasteiger partial charge in [0.05, 0.1) is 0 Å². The first-order chi connectivity index (χ1) is 6.40. The number of fused-ring (bicyclic) bond motifs is 1. The van der Waals surface area contributed by atoms with Gasteiger partial charge in [-0.05, 0) is 16.8 Å². The third-order valence-electron chi connectivity index (χ3n) is 1.96. The van der Waals surface area contributed by atoms with Crippen molar-refractivity contribution >= 4 is 16.5 Å². The summed E-state index contributed by atoms with van der Waals surface area (Å²) in [5, 5.41) is 6.70. The van der Waals surface area contributed by atoms with Crippen molar-refractivity contribution in [2.75, 3.05) is 6.54 Å². The second kappa shape index (κ2) is 5.83. The Kier molecular flexibility index (Phi) is 5.05. The molecule has 1 aromatic heterocycles. The second-order valence-electron chi connectivity index (χ2n) is 2.88. The monoisotopic (exact) mass is 210 g/mol. The molecule has 14 heavy (non-hydrogen) atoms. The molecule has 66 valence electrons. The molecule has 0 fully saturated rings. The summed E-state index contributed by atoms with van der Waals surface area (Å²) in [4.78, 5) is 4.06. The minimum Gasteiger partial charge on any atom is -0.684 e. The molecule has 2 aromatic rings. The van der Waals surface area contributed by atoms with Gasteiger partial charge in [-0.2, -0.15) is 0 Å². The molecule has 0 bridgehead atoms. The predicted octanol–water partition coefficient (Wildman–Crippen LogP) is 0.264. The summed E-state index contributed by atoms with van der Waals surface area (Å²) in [5.41, 5.74) is 1.04. The van der Waals surface area contributed by atoms with Gasteiger partial charge in [0.25, 0.3) is 0 Å². The maximum Gasteiger partial charge on any atom is 1.00 e. The fourth-order valence-corrected chi connectivity index (χ4v) is 1.35. The first-order valence-corrected chi connectivity index (χ1v) is 4.41. The topological polar surface area (TPSA) is 27.0 Å². The van der Waals surface area contributed by atoms with Crippen LogP contribution in [0, 0.1) is 0 Å². The summed E-state index contributed by atoms with van der Waals surface area (Å²) < 4.78 is 0. The predicted molar refractivity (Wildman–Crippen MR) is 55.3 cm³/mol. The van der Waals surface area contributed by atoms with Crippen LogP contribution < -0.4 is 51.4 Å². The average molecular weight is 210 g/mol. The minimum absolute atomic E-state index is 0. The maximum atomic E-state index is 4.34. The quantitative estimate of drug-likeness (QED) is 0.653. The molecule has 0 atom stereocenters. The van der Waals surface area contributed by atoms with Crippen molar-refractivity contribution in [1.29, 1.82) is 0 Å². The maximum absolute atomic E-state index is 4.34. The van der Waals surface area contributed by atoms with Crippen LogP contribution in [0.3, 0.4) is 0 Å². The van der Waals surface area contributed by atoms with E-state index in [1.165, 1.54) is 5.39 Å². The fourth-order valence-electron chi connectivity index (χ4n) is 1.35. The molecule has 0 amide bonds. The fraction of sp³-hybridized carbons (Fsp3) is 0.182. The Labute approximate surface area is 127 Å². The van der Waals surface area contributed by atoms with Crippen molar-refractivity contribution in [2.24, 2.45) is 0 Å². The van der Waals surface area contributed by atoms with E-state index >= 15 is 0 Å². The molecular formula is C11H11KN2. The number of rotatable bonds is 2. The molecule has 1 heterocycles. The Morgan fingerprint density at radius 1 is 1.21 bits per heavy atom. The van der Waals surface area contributed by atoms with Crippen LogP contribution in [0.5, 0.6) is 0 Å². The van der Waals surface area contributed by atoms with Crippen molar-refractivity contribution in [2.45, 2.75) is 6.92 Å². The minimum atomic E-state index is 0. The normalized spacial score (nSPS) is 9.50. The van der Waals surface area contributed by atoms with Crippen molar-refractivity contribution < 1.29 is 51.4 Å². The molecule has 0 aliphatic carbocycles. The zero-order valence-corrected chi connectivity index (χ0v) is 11.7. The molecule has 1 aromatic carbocycles. The largest absolute Gasteiger partial charge is 1.00 e. The number of nitrogens with zero attached hydrogens (tertiary/aromatic N) is 2. The summed E-state index contributed by atoms with van der Waals surface area (Å²) >= 11 is 0. The molecule has 0 saturated carbocycles. The van der Waals surface area contributed by atoms with E-state index in [-0.39, 0.29) is 51.4 Å². The Bertz CT molecular complexity index is 415. The van der Waals surface area contributed by atoms with Crippen LogP contribution in [0.1, 0.15) is 6.92 Å². The molecule has 0 N–H and O–H groups in total. The number of aromatic nitrogens is 1. The zero-order valence-electron chi connectivity index (χ0n) is 8.57. The van der Waals surface area contributed by atoms with Gasteiger partial charge >= 0.3 is 51.4 Å². The molecule has 2 rings (SSSR count). The van der Waals surface area contributed by atoms with E-state index in [1.807, 2.05) is 25.3 Å². The molecular weight excluding hydrogens is 199 g/mol. The van der Waals surface area contributed by atoms with Gasteiger partial charge in [0.1, 0.15) is 0 Å². The molecule has 3 heteroatoms. The van der Waals surface area contributed by atoms with Crippen molar-refractivity contribution in [3.63, 3.8) is 0 Å². The molecule has 0 aliphatic heterocycles. The molecule has 0 saturated heterocycles. The van der Waals surface area contributed by atoms with E-state index in [2.05, 4.69) is 22.4 Å². The van der Waals surface area contributed by atoms with Gasteiger partial charge < -0.3 is 5.32 Å². The van der Waals surface area contributed by atoms with Crippen LogP contribution in [-0.4, -0.2) is 11.5 Å². The number of pyridine rings is 1. The summed E-state index contributed by atoms with van der Waals surface area (Å²) in [6.45, 7) is 2.87. The first kappa shape index (κ1) is 12.1. The van der Waals surface area contributed by atoms with E-state index in [1.54, 1.807) is 6.20 Å². The van der Waals surface area contributed by atoms with Crippen molar-refractivity contribution in [1.82, 2.24) is 4.98 Å². The van der Waals surface area contributed by atoms with Gasteiger partial charge in [-0.15, -0.1) is 12.2 Å². The van der Waals surface area contributed by atoms with Gasteiger partial charge in [0.2, 0.25) is 0 Å². The Balaban J connectivity index is 0.000000980. The van der Waals surface area contributed by atoms with Crippen molar-refractivity contribution in [3.05, 3.63) is 42.0 Å². The van der Waals surface area contributed by atoms with Gasteiger partial charge in [-0.3, -0.25) is 4.98 Å². The number of benzene rings is 1. The van der Waals surface area contributed by atoms with E-state index in [4.69, 9.17) is 0 Å². The number of hydrogen-bond donors (Lipinski definition) is 0. The van der Waals surface area contributed by atoms with Crippen molar-refractivity contribution in [3.8, 4) is 0 Å². The molecule has 2 nitrogen and oxygen atoms in total. The smallest absolute Gasteiger partial charge is 0.684 e. The van der Waals surface area contributed by atoms with Crippen LogP contribution in [0.25, 0.3) is 16.1 Å². The molecule has 0 spiro atoms. The van der Waals surface area contributed by atoms with E-state index < -0.39 is 0 Å². The van der Waals surface area contributed by atoms with E-state index in [9.17, 15) is 0 Å². The summed E-state index contributed by atoms with van der Waals surface area (Å²) in [6, 6.07) is 8.16. The molecule has 0 radical (unpaired) electrons. The van der Waals surface area contributed by atoms with Gasteiger partial charge in [0, 0.05) is 12.4 Å². The Hall–Kier alpha value is 0.0664. The number of hydrogen-bond acceptors (Lipinski definition) is 1. The van der Waals surface area contributed by atoms with Crippen LogP contribution in [0.15, 0.2) is 36.7 Å². The van der Waals surface area contributed by atoms with Crippen LogP contribution in [-0.2, 0) is 0 Å². The zero-order chi connectivity index (χ0) is 9.10. The molecule has 0 aliphatic rings. The first-order valence-electron chi connectivity index (χ1n) is 4.41.